The third kappa shape index (κ3) is 3.51. The minimum Gasteiger partial charge on any atom is -0.492 e. The first kappa shape index (κ1) is 15.3. The van der Waals surface area contributed by atoms with Crippen molar-refractivity contribution < 1.29 is 4.74 Å². The average molecular weight is 276 g/mol. The molecule has 1 aromatic heterocycles. The second-order valence-corrected chi connectivity index (χ2v) is 6.14. The largest absolute Gasteiger partial charge is 0.492 e. The summed E-state index contributed by atoms with van der Waals surface area (Å²) in [6.45, 7) is 8.39. The van der Waals surface area contributed by atoms with Crippen LogP contribution in [0.25, 0.3) is 0 Å². The Balaban J connectivity index is 2.23. The quantitative estimate of drug-likeness (QED) is 0.814. The van der Waals surface area contributed by atoms with Gasteiger partial charge in [-0.15, -0.1) is 0 Å². The number of ether oxygens (including phenoxy) is 1. The lowest BCUT2D eigenvalue weighted by atomic mass is 9.77. The Morgan fingerprint density at radius 2 is 2.05 bits per heavy atom. The molecule has 1 aliphatic carbocycles. The number of pyridine rings is 1. The van der Waals surface area contributed by atoms with Crippen LogP contribution in [0.5, 0.6) is 5.75 Å². The lowest BCUT2D eigenvalue weighted by Gasteiger charge is -2.35. The zero-order valence-corrected chi connectivity index (χ0v) is 13.1. The molecule has 1 saturated carbocycles. The third-order valence-electron chi connectivity index (χ3n) is 4.42. The highest BCUT2D eigenvalue weighted by Crippen LogP contribution is 2.47. The Bertz CT molecular complexity index is 413. The molecule has 0 radical (unpaired) electrons. The standard InChI is InChI=1S/C17H28N2O/c1-4-10-19-16(17(3)8-6-7-9-17)14-11-15(20-5-2)13-18-12-14/h11-13,16,19H,4-10H2,1-3H3. The van der Waals surface area contributed by atoms with Crippen molar-refractivity contribution in [2.45, 2.75) is 58.9 Å². The summed E-state index contributed by atoms with van der Waals surface area (Å²) in [6.07, 6.45) is 10.3. The molecule has 1 unspecified atom stereocenters. The van der Waals surface area contributed by atoms with Crippen LogP contribution >= 0.6 is 0 Å². The van der Waals surface area contributed by atoms with E-state index in [0.29, 0.717) is 18.1 Å². The lowest BCUT2D eigenvalue weighted by molar-refractivity contribution is 0.222. The summed E-state index contributed by atoms with van der Waals surface area (Å²) in [5.41, 5.74) is 1.62. The van der Waals surface area contributed by atoms with Gasteiger partial charge in [0.1, 0.15) is 5.75 Å². The fourth-order valence-electron chi connectivity index (χ4n) is 3.37. The number of hydrogen-bond donors (Lipinski definition) is 1. The zero-order valence-electron chi connectivity index (χ0n) is 13.1. The molecule has 0 aromatic carbocycles. The minimum absolute atomic E-state index is 0.349. The number of aromatic nitrogens is 1. The molecule has 112 valence electrons. The van der Waals surface area contributed by atoms with Crippen molar-refractivity contribution in [3.05, 3.63) is 24.0 Å². The van der Waals surface area contributed by atoms with Crippen molar-refractivity contribution in [1.29, 1.82) is 0 Å². The molecule has 1 fully saturated rings. The van der Waals surface area contributed by atoms with Crippen molar-refractivity contribution in [3.8, 4) is 5.75 Å². The van der Waals surface area contributed by atoms with E-state index in [1.54, 1.807) is 6.20 Å². The molecule has 0 amide bonds. The normalized spacial score (nSPS) is 18.9. The van der Waals surface area contributed by atoms with Crippen molar-refractivity contribution in [2.75, 3.05) is 13.2 Å². The Morgan fingerprint density at radius 3 is 2.70 bits per heavy atom. The van der Waals surface area contributed by atoms with Gasteiger partial charge in [0.2, 0.25) is 0 Å². The van der Waals surface area contributed by atoms with E-state index in [1.807, 2.05) is 13.1 Å². The van der Waals surface area contributed by atoms with Gasteiger partial charge < -0.3 is 10.1 Å². The molecule has 1 atom stereocenters. The SMILES string of the molecule is CCCNC(c1cncc(OCC)c1)C1(C)CCCC1. The summed E-state index contributed by atoms with van der Waals surface area (Å²) < 4.78 is 5.61. The van der Waals surface area contributed by atoms with Crippen LogP contribution < -0.4 is 10.1 Å². The molecule has 1 aromatic rings. The molecule has 2 rings (SSSR count). The van der Waals surface area contributed by atoms with E-state index >= 15 is 0 Å². The Labute approximate surface area is 123 Å². The molecule has 1 N–H and O–H groups in total. The predicted molar refractivity (Wildman–Crippen MR) is 83.0 cm³/mol. The molecule has 0 bridgehead atoms. The highest BCUT2D eigenvalue weighted by Gasteiger charge is 2.37. The Hall–Kier alpha value is -1.09. The van der Waals surface area contributed by atoms with Crippen LogP contribution in [0.2, 0.25) is 0 Å². The van der Waals surface area contributed by atoms with Crippen LogP contribution in [0.1, 0.15) is 64.5 Å². The van der Waals surface area contributed by atoms with Crippen molar-refractivity contribution in [2.24, 2.45) is 5.41 Å². The summed E-state index contributed by atoms with van der Waals surface area (Å²) in [5, 5.41) is 3.74. The van der Waals surface area contributed by atoms with E-state index in [-0.39, 0.29) is 0 Å². The molecule has 1 aliphatic rings. The first-order valence-electron chi connectivity index (χ1n) is 8.00. The first-order valence-corrected chi connectivity index (χ1v) is 8.00. The fraction of sp³-hybridized carbons (Fsp3) is 0.706. The summed E-state index contributed by atoms with van der Waals surface area (Å²) in [7, 11) is 0. The molecule has 0 aliphatic heterocycles. The highest BCUT2D eigenvalue weighted by atomic mass is 16.5. The van der Waals surface area contributed by atoms with E-state index in [2.05, 4.69) is 30.2 Å². The molecule has 0 spiro atoms. The van der Waals surface area contributed by atoms with Gasteiger partial charge in [-0.05, 0) is 49.8 Å². The number of rotatable bonds is 7. The van der Waals surface area contributed by atoms with Crippen LogP contribution in [0.3, 0.4) is 0 Å². The number of hydrogen-bond acceptors (Lipinski definition) is 3. The molecule has 3 heteroatoms. The maximum absolute atomic E-state index is 5.61. The van der Waals surface area contributed by atoms with Gasteiger partial charge in [-0.1, -0.05) is 26.7 Å². The van der Waals surface area contributed by atoms with Crippen LogP contribution in [-0.2, 0) is 0 Å². The Kier molecular flexibility index (Phi) is 5.41. The smallest absolute Gasteiger partial charge is 0.137 e. The third-order valence-corrected chi connectivity index (χ3v) is 4.42. The topological polar surface area (TPSA) is 34.2 Å². The molecule has 20 heavy (non-hydrogen) atoms. The first-order chi connectivity index (χ1) is 9.69. The molecular formula is C17H28N2O. The number of nitrogens with zero attached hydrogens (tertiary/aromatic N) is 1. The molecular weight excluding hydrogens is 248 g/mol. The van der Waals surface area contributed by atoms with Gasteiger partial charge in [-0.25, -0.2) is 0 Å². The van der Waals surface area contributed by atoms with Gasteiger partial charge in [0.15, 0.2) is 0 Å². The second-order valence-electron chi connectivity index (χ2n) is 6.14. The van der Waals surface area contributed by atoms with Crippen LogP contribution in [0.15, 0.2) is 18.5 Å². The van der Waals surface area contributed by atoms with Gasteiger partial charge in [-0.3, -0.25) is 4.98 Å². The van der Waals surface area contributed by atoms with Crippen LogP contribution in [0.4, 0.5) is 0 Å². The van der Waals surface area contributed by atoms with E-state index in [1.165, 1.54) is 31.2 Å². The maximum atomic E-state index is 5.61. The summed E-state index contributed by atoms with van der Waals surface area (Å²) in [5.74, 6) is 0.884. The monoisotopic (exact) mass is 276 g/mol. The molecule has 0 saturated heterocycles. The van der Waals surface area contributed by atoms with Crippen molar-refractivity contribution in [1.82, 2.24) is 10.3 Å². The Morgan fingerprint density at radius 1 is 1.30 bits per heavy atom. The van der Waals surface area contributed by atoms with E-state index in [9.17, 15) is 0 Å². The van der Waals surface area contributed by atoms with E-state index < -0.39 is 0 Å². The summed E-state index contributed by atoms with van der Waals surface area (Å²) in [4.78, 5) is 4.37. The zero-order chi connectivity index (χ0) is 14.4. The predicted octanol–water partition coefficient (Wildman–Crippen LogP) is 4.10. The summed E-state index contributed by atoms with van der Waals surface area (Å²) in [6, 6.07) is 2.55. The van der Waals surface area contributed by atoms with Gasteiger partial charge in [-0.2, -0.15) is 0 Å². The van der Waals surface area contributed by atoms with Crippen LogP contribution in [0, 0.1) is 5.41 Å². The van der Waals surface area contributed by atoms with E-state index in [4.69, 9.17) is 4.74 Å². The van der Waals surface area contributed by atoms with Gasteiger partial charge in [0, 0.05) is 12.2 Å². The minimum atomic E-state index is 0.349. The van der Waals surface area contributed by atoms with Gasteiger partial charge in [0.05, 0.1) is 12.8 Å². The average Bonchev–Trinajstić information content (AvgIpc) is 2.88. The second kappa shape index (κ2) is 7.07. The maximum Gasteiger partial charge on any atom is 0.137 e. The van der Waals surface area contributed by atoms with Gasteiger partial charge >= 0.3 is 0 Å². The lowest BCUT2D eigenvalue weighted by Crippen LogP contribution is -2.35. The van der Waals surface area contributed by atoms with Crippen LogP contribution in [-0.4, -0.2) is 18.1 Å². The van der Waals surface area contributed by atoms with Gasteiger partial charge in [0.25, 0.3) is 0 Å². The van der Waals surface area contributed by atoms with Crippen molar-refractivity contribution in [3.63, 3.8) is 0 Å². The molecule has 1 heterocycles. The highest BCUT2D eigenvalue weighted by molar-refractivity contribution is 5.27. The fourth-order valence-corrected chi connectivity index (χ4v) is 3.37. The van der Waals surface area contributed by atoms with E-state index in [0.717, 1.165) is 18.7 Å². The van der Waals surface area contributed by atoms with Crippen molar-refractivity contribution >= 4 is 0 Å². The molecule has 3 nitrogen and oxygen atoms in total. The number of nitrogens with one attached hydrogen (secondary N) is 1. The summed E-state index contributed by atoms with van der Waals surface area (Å²) >= 11 is 0.